The van der Waals surface area contributed by atoms with Crippen LogP contribution >= 0.6 is 11.6 Å². The van der Waals surface area contributed by atoms with Gasteiger partial charge in [-0.25, -0.2) is 14.2 Å². The summed E-state index contributed by atoms with van der Waals surface area (Å²) in [7, 11) is 0. The Morgan fingerprint density at radius 3 is 2.58 bits per heavy atom. The summed E-state index contributed by atoms with van der Waals surface area (Å²) in [6.45, 7) is 11.9. The zero-order valence-corrected chi connectivity index (χ0v) is 19.9. The van der Waals surface area contributed by atoms with Gasteiger partial charge < -0.3 is 20.7 Å². The highest BCUT2D eigenvalue weighted by atomic mass is 35.5. The smallest absolute Gasteiger partial charge is 0.319 e. The summed E-state index contributed by atoms with van der Waals surface area (Å²) in [6.07, 6.45) is 5.94. The number of nitrogens with one attached hydrogen (secondary N) is 3. The molecule has 1 aromatic carbocycles. The molecule has 1 aromatic heterocycles. The molecule has 0 saturated heterocycles. The first-order chi connectivity index (χ1) is 15.5. The van der Waals surface area contributed by atoms with E-state index in [0.29, 0.717) is 23.0 Å². The zero-order chi connectivity index (χ0) is 24.2. The largest absolute Gasteiger partial charge is 0.457 e. The van der Waals surface area contributed by atoms with Crippen LogP contribution in [0.1, 0.15) is 34.1 Å². The third-order valence-electron chi connectivity index (χ3n) is 4.97. The third-order valence-corrected chi connectivity index (χ3v) is 5.36. The number of carbonyl (C=O) groups excluding carboxylic acids is 1. The molecular weight excluding hydrogens is 443 g/mol. The van der Waals surface area contributed by atoms with Crippen molar-refractivity contribution in [3.05, 3.63) is 77.4 Å². The highest BCUT2D eigenvalue weighted by molar-refractivity contribution is 6.30. The standard InChI is InChI=1S/C25H28ClFN4O2/c1-15(2)29-23-14-18(10-11-28-23)33-17-7-9-21(20(27)13-17)30-24(32)31-22-12-16(25(3,4)5)6-8-19(22)26/h6-11,13-14,22H,1,12H2,2-5H3,(H,28,29)(H2,30,31,32). The number of hydrogen-bond acceptors (Lipinski definition) is 4. The number of ether oxygens (including phenoxy) is 1. The van der Waals surface area contributed by atoms with Crippen LogP contribution in [0.3, 0.4) is 0 Å². The minimum atomic E-state index is -0.627. The summed E-state index contributed by atoms with van der Waals surface area (Å²) < 4.78 is 20.3. The first kappa shape index (κ1) is 24.3. The minimum absolute atomic E-state index is 0.0294. The van der Waals surface area contributed by atoms with Gasteiger partial charge >= 0.3 is 6.03 Å². The van der Waals surface area contributed by atoms with E-state index < -0.39 is 11.8 Å². The Bertz CT molecular complexity index is 1120. The monoisotopic (exact) mass is 470 g/mol. The minimum Gasteiger partial charge on any atom is -0.457 e. The number of benzene rings is 1. The lowest BCUT2D eigenvalue weighted by molar-refractivity contribution is 0.249. The van der Waals surface area contributed by atoms with Gasteiger partial charge in [0.15, 0.2) is 0 Å². The molecule has 0 spiro atoms. The maximum absolute atomic E-state index is 14.6. The lowest BCUT2D eigenvalue weighted by atomic mass is 9.80. The van der Waals surface area contributed by atoms with E-state index in [1.165, 1.54) is 17.7 Å². The molecule has 1 unspecified atom stereocenters. The van der Waals surface area contributed by atoms with E-state index in [-0.39, 0.29) is 22.9 Å². The molecule has 0 saturated carbocycles. The molecular formula is C25H28ClFN4O2. The topological polar surface area (TPSA) is 75.3 Å². The fourth-order valence-electron chi connectivity index (χ4n) is 3.23. The van der Waals surface area contributed by atoms with Gasteiger partial charge in [-0.1, -0.05) is 50.6 Å². The SMILES string of the molecule is C=C(C)Nc1cc(Oc2ccc(NC(=O)NC3CC(C(C)(C)C)=CC=C3Cl)c(F)c2)ccn1. The average molecular weight is 471 g/mol. The van der Waals surface area contributed by atoms with Crippen LogP contribution < -0.4 is 20.7 Å². The maximum Gasteiger partial charge on any atom is 0.319 e. The molecule has 33 heavy (non-hydrogen) atoms. The van der Waals surface area contributed by atoms with Gasteiger partial charge in [-0.05, 0) is 43.0 Å². The Kier molecular flexibility index (Phi) is 7.43. The van der Waals surface area contributed by atoms with Crippen LogP contribution in [-0.4, -0.2) is 17.1 Å². The van der Waals surface area contributed by atoms with E-state index in [4.69, 9.17) is 16.3 Å². The summed E-state index contributed by atoms with van der Waals surface area (Å²) in [5.74, 6) is 0.699. The van der Waals surface area contributed by atoms with Crippen LogP contribution in [0.2, 0.25) is 0 Å². The molecule has 2 amide bonds. The Morgan fingerprint density at radius 2 is 1.91 bits per heavy atom. The number of pyridine rings is 1. The number of carbonyl (C=O) groups is 1. The zero-order valence-electron chi connectivity index (χ0n) is 19.1. The molecule has 2 aromatic rings. The van der Waals surface area contributed by atoms with Crippen molar-refractivity contribution in [2.45, 2.75) is 40.2 Å². The van der Waals surface area contributed by atoms with Crippen molar-refractivity contribution >= 4 is 29.1 Å². The van der Waals surface area contributed by atoms with E-state index >= 15 is 0 Å². The molecule has 1 heterocycles. The van der Waals surface area contributed by atoms with Gasteiger partial charge in [0.1, 0.15) is 23.1 Å². The van der Waals surface area contributed by atoms with E-state index in [2.05, 4.69) is 48.3 Å². The number of amides is 2. The van der Waals surface area contributed by atoms with E-state index in [0.717, 1.165) is 5.70 Å². The highest BCUT2D eigenvalue weighted by Crippen LogP contribution is 2.34. The van der Waals surface area contributed by atoms with Gasteiger partial charge in [-0.3, -0.25) is 0 Å². The van der Waals surface area contributed by atoms with Crippen LogP contribution in [0.5, 0.6) is 11.5 Å². The van der Waals surface area contributed by atoms with E-state index in [1.54, 1.807) is 30.5 Å². The number of anilines is 2. The van der Waals surface area contributed by atoms with Crippen LogP contribution in [0.15, 0.2) is 71.6 Å². The van der Waals surface area contributed by atoms with E-state index in [1.807, 2.05) is 13.0 Å². The average Bonchev–Trinajstić information content (AvgIpc) is 2.70. The second-order valence-corrected chi connectivity index (χ2v) is 9.31. The van der Waals surface area contributed by atoms with Gasteiger partial charge in [0.25, 0.3) is 0 Å². The summed E-state index contributed by atoms with van der Waals surface area (Å²) >= 11 is 6.28. The van der Waals surface area contributed by atoms with Crippen molar-refractivity contribution in [1.82, 2.24) is 10.3 Å². The fraction of sp³-hybridized carbons (Fsp3) is 0.280. The van der Waals surface area contributed by atoms with Gasteiger partial charge in [-0.15, -0.1) is 0 Å². The predicted octanol–water partition coefficient (Wildman–Crippen LogP) is 6.95. The van der Waals surface area contributed by atoms with Crippen molar-refractivity contribution in [3.8, 4) is 11.5 Å². The van der Waals surface area contributed by atoms with E-state index in [9.17, 15) is 9.18 Å². The summed E-state index contributed by atoms with van der Waals surface area (Å²) in [5.41, 5.74) is 1.89. The fourth-order valence-corrected chi connectivity index (χ4v) is 3.43. The van der Waals surface area contributed by atoms with Crippen LogP contribution in [0.25, 0.3) is 0 Å². The lowest BCUT2D eigenvalue weighted by Gasteiger charge is -2.30. The van der Waals surface area contributed by atoms with Gasteiger partial charge in [0, 0.05) is 29.1 Å². The molecule has 1 aliphatic rings. The molecule has 1 atom stereocenters. The second kappa shape index (κ2) is 10.1. The van der Waals surface area contributed by atoms with Gasteiger partial charge in [0.2, 0.25) is 0 Å². The molecule has 1 aliphatic carbocycles. The summed E-state index contributed by atoms with van der Waals surface area (Å²) in [6, 6.07) is 6.63. The summed E-state index contributed by atoms with van der Waals surface area (Å²) in [4.78, 5) is 16.6. The van der Waals surface area contributed by atoms with Crippen molar-refractivity contribution in [2.75, 3.05) is 10.6 Å². The number of hydrogen-bond donors (Lipinski definition) is 3. The quantitative estimate of drug-likeness (QED) is 0.427. The van der Waals surface area contributed by atoms with Crippen molar-refractivity contribution in [2.24, 2.45) is 5.41 Å². The molecule has 8 heteroatoms. The van der Waals surface area contributed by atoms with Crippen LogP contribution in [0, 0.1) is 11.2 Å². The van der Waals surface area contributed by atoms with Crippen LogP contribution in [0.4, 0.5) is 20.7 Å². The third kappa shape index (κ3) is 6.83. The highest BCUT2D eigenvalue weighted by Gasteiger charge is 2.26. The number of allylic oxidation sites excluding steroid dienone is 3. The molecule has 0 bridgehead atoms. The second-order valence-electron chi connectivity index (χ2n) is 8.87. The molecule has 0 radical (unpaired) electrons. The number of rotatable bonds is 6. The normalized spacial score (nSPS) is 15.8. The number of urea groups is 1. The first-order valence-corrected chi connectivity index (χ1v) is 10.9. The molecule has 3 rings (SSSR count). The number of nitrogens with zero attached hydrogens (tertiary/aromatic N) is 1. The van der Waals surface area contributed by atoms with Gasteiger partial charge in [0.05, 0.1) is 11.7 Å². The number of aromatic nitrogens is 1. The Labute approximate surface area is 198 Å². The maximum atomic E-state index is 14.6. The Morgan fingerprint density at radius 1 is 1.18 bits per heavy atom. The molecule has 6 nitrogen and oxygen atoms in total. The van der Waals surface area contributed by atoms with Gasteiger partial charge in [-0.2, -0.15) is 0 Å². The molecule has 0 fully saturated rings. The lowest BCUT2D eigenvalue weighted by Crippen LogP contribution is -2.40. The molecule has 174 valence electrons. The number of halogens is 2. The Hall–Kier alpha value is -3.32. The molecule has 3 N–H and O–H groups in total. The summed E-state index contributed by atoms with van der Waals surface area (Å²) in [5, 5.41) is 8.87. The van der Waals surface area contributed by atoms with Crippen LogP contribution in [-0.2, 0) is 0 Å². The van der Waals surface area contributed by atoms with Crippen molar-refractivity contribution in [3.63, 3.8) is 0 Å². The Balaban J connectivity index is 1.62. The first-order valence-electron chi connectivity index (χ1n) is 10.5. The predicted molar refractivity (Wildman–Crippen MR) is 131 cm³/mol. The molecule has 0 aliphatic heterocycles. The van der Waals surface area contributed by atoms with Crippen molar-refractivity contribution < 1.29 is 13.9 Å². The van der Waals surface area contributed by atoms with Crippen molar-refractivity contribution in [1.29, 1.82) is 0 Å².